The van der Waals surface area contributed by atoms with Gasteiger partial charge in [0.05, 0.1) is 13.2 Å². The lowest BCUT2D eigenvalue weighted by molar-refractivity contribution is -0.122. The van der Waals surface area contributed by atoms with Gasteiger partial charge in [0, 0.05) is 18.5 Å². The summed E-state index contributed by atoms with van der Waals surface area (Å²) in [7, 11) is 0. The first-order valence-corrected chi connectivity index (χ1v) is 7.35. The third kappa shape index (κ3) is 3.81. The number of benzene rings is 1. The Morgan fingerprint density at radius 3 is 2.60 bits per heavy atom. The molecule has 1 aliphatic carbocycles. The number of aliphatic hydroxyl groups excluding tert-OH is 1. The van der Waals surface area contributed by atoms with Gasteiger partial charge in [-0.05, 0) is 24.9 Å². The Hall–Kier alpha value is -1.39. The standard InChI is InChI=1S/C16H24N2O2/c1-2-18(10-11-19)12-15(20)17-13-16(8-9-16)14-6-4-3-5-7-14/h3-7,19H,2,8-13H2,1H3,(H,17,20). The van der Waals surface area contributed by atoms with Gasteiger partial charge in [0.2, 0.25) is 5.91 Å². The molecule has 2 rings (SSSR count). The zero-order valence-electron chi connectivity index (χ0n) is 12.1. The van der Waals surface area contributed by atoms with E-state index < -0.39 is 0 Å². The molecule has 0 aromatic heterocycles. The number of hydrogen-bond acceptors (Lipinski definition) is 3. The summed E-state index contributed by atoms with van der Waals surface area (Å²) in [5, 5.41) is 12.0. The summed E-state index contributed by atoms with van der Waals surface area (Å²) < 4.78 is 0. The average Bonchev–Trinajstić information content (AvgIpc) is 3.27. The van der Waals surface area contributed by atoms with Crippen molar-refractivity contribution in [2.24, 2.45) is 0 Å². The van der Waals surface area contributed by atoms with Gasteiger partial charge in [-0.2, -0.15) is 0 Å². The molecule has 2 N–H and O–H groups in total. The summed E-state index contributed by atoms with van der Waals surface area (Å²) in [6.45, 7) is 4.49. The minimum atomic E-state index is 0.0440. The molecule has 0 heterocycles. The fraction of sp³-hybridized carbons (Fsp3) is 0.562. The Kier molecular flexibility index (Phi) is 5.15. The highest BCUT2D eigenvalue weighted by molar-refractivity contribution is 5.78. The molecule has 4 nitrogen and oxygen atoms in total. The second-order valence-electron chi connectivity index (χ2n) is 5.52. The van der Waals surface area contributed by atoms with Crippen molar-refractivity contribution in [2.45, 2.75) is 25.2 Å². The van der Waals surface area contributed by atoms with Crippen molar-refractivity contribution < 1.29 is 9.90 Å². The zero-order chi connectivity index (χ0) is 14.4. The third-order valence-corrected chi connectivity index (χ3v) is 4.09. The van der Waals surface area contributed by atoms with Crippen LogP contribution in [0.25, 0.3) is 0 Å². The summed E-state index contributed by atoms with van der Waals surface area (Å²) in [6.07, 6.45) is 2.29. The molecule has 1 amide bonds. The zero-order valence-corrected chi connectivity index (χ0v) is 12.1. The van der Waals surface area contributed by atoms with Crippen LogP contribution in [0.5, 0.6) is 0 Å². The molecule has 0 unspecified atom stereocenters. The number of hydrogen-bond donors (Lipinski definition) is 2. The fourth-order valence-corrected chi connectivity index (χ4v) is 2.53. The number of rotatable bonds is 8. The molecule has 0 aliphatic heterocycles. The van der Waals surface area contributed by atoms with E-state index in [1.165, 1.54) is 5.56 Å². The predicted molar refractivity (Wildman–Crippen MR) is 79.6 cm³/mol. The summed E-state index contributed by atoms with van der Waals surface area (Å²) in [5.41, 5.74) is 1.48. The Labute approximate surface area is 120 Å². The molecule has 1 aliphatic rings. The second kappa shape index (κ2) is 6.86. The van der Waals surface area contributed by atoms with Crippen LogP contribution in [0.3, 0.4) is 0 Å². The van der Waals surface area contributed by atoms with Gasteiger partial charge in [-0.3, -0.25) is 9.69 Å². The van der Waals surface area contributed by atoms with E-state index in [1.807, 2.05) is 17.9 Å². The maximum absolute atomic E-state index is 12.0. The first-order chi connectivity index (χ1) is 9.70. The Morgan fingerprint density at radius 2 is 2.05 bits per heavy atom. The van der Waals surface area contributed by atoms with Gasteiger partial charge in [0.1, 0.15) is 0 Å². The van der Waals surface area contributed by atoms with Crippen LogP contribution in [-0.2, 0) is 10.2 Å². The van der Waals surface area contributed by atoms with Crippen molar-refractivity contribution in [1.82, 2.24) is 10.2 Å². The molecule has 0 saturated heterocycles. The number of amides is 1. The highest BCUT2D eigenvalue weighted by Crippen LogP contribution is 2.47. The third-order valence-electron chi connectivity index (χ3n) is 4.09. The Bertz CT molecular complexity index is 429. The van der Waals surface area contributed by atoms with Gasteiger partial charge < -0.3 is 10.4 Å². The maximum atomic E-state index is 12.0. The molecule has 0 atom stereocenters. The van der Waals surface area contributed by atoms with E-state index in [-0.39, 0.29) is 17.9 Å². The lowest BCUT2D eigenvalue weighted by Gasteiger charge is -2.20. The monoisotopic (exact) mass is 276 g/mol. The average molecular weight is 276 g/mol. The van der Waals surface area contributed by atoms with Crippen LogP contribution in [0.15, 0.2) is 30.3 Å². The van der Waals surface area contributed by atoms with Crippen molar-refractivity contribution >= 4 is 5.91 Å². The number of likely N-dealkylation sites (N-methyl/N-ethyl adjacent to an activating group) is 1. The smallest absolute Gasteiger partial charge is 0.234 e. The van der Waals surface area contributed by atoms with Crippen LogP contribution in [-0.4, -0.2) is 48.7 Å². The number of nitrogens with zero attached hydrogens (tertiary/aromatic N) is 1. The van der Waals surface area contributed by atoms with Crippen LogP contribution in [0.2, 0.25) is 0 Å². The molecular weight excluding hydrogens is 252 g/mol. The maximum Gasteiger partial charge on any atom is 0.234 e. The summed E-state index contributed by atoms with van der Waals surface area (Å²) in [4.78, 5) is 13.9. The van der Waals surface area contributed by atoms with Crippen molar-refractivity contribution in [2.75, 3.05) is 32.8 Å². The molecular formula is C16H24N2O2. The first-order valence-electron chi connectivity index (χ1n) is 7.35. The van der Waals surface area contributed by atoms with E-state index in [0.29, 0.717) is 19.6 Å². The molecule has 1 saturated carbocycles. The van der Waals surface area contributed by atoms with Crippen molar-refractivity contribution in [3.8, 4) is 0 Å². The molecule has 1 aromatic rings. The molecule has 20 heavy (non-hydrogen) atoms. The summed E-state index contributed by atoms with van der Waals surface area (Å²) in [6, 6.07) is 10.4. The first kappa shape index (κ1) is 15.0. The number of nitrogens with one attached hydrogen (secondary N) is 1. The highest BCUT2D eigenvalue weighted by Gasteiger charge is 2.44. The minimum absolute atomic E-state index is 0.0440. The Balaban J connectivity index is 1.82. The van der Waals surface area contributed by atoms with E-state index in [0.717, 1.165) is 19.4 Å². The van der Waals surface area contributed by atoms with E-state index in [4.69, 9.17) is 5.11 Å². The normalized spacial score (nSPS) is 16.1. The lowest BCUT2D eigenvalue weighted by Crippen LogP contribution is -2.41. The highest BCUT2D eigenvalue weighted by atomic mass is 16.3. The molecule has 1 aromatic carbocycles. The van der Waals surface area contributed by atoms with Crippen LogP contribution >= 0.6 is 0 Å². The molecule has 4 heteroatoms. The van der Waals surface area contributed by atoms with Crippen molar-refractivity contribution in [3.05, 3.63) is 35.9 Å². The van der Waals surface area contributed by atoms with Crippen molar-refractivity contribution in [1.29, 1.82) is 0 Å². The van der Waals surface area contributed by atoms with Gasteiger partial charge in [-0.15, -0.1) is 0 Å². The summed E-state index contributed by atoms with van der Waals surface area (Å²) >= 11 is 0. The second-order valence-corrected chi connectivity index (χ2v) is 5.52. The molecule has 110 valence electrons. The van der Waals surface area contributed by atoms with Crippen LogP contribution < -0.4 is 5.32 Å². The van der Waals surface area contributed by atoms with Gasteiger partial charge in [-0.1, -0.05) is 37.3 Å². The fourth-order valence-electron chi connectivity index (χ4n) is 2.53. The Morgan fingerprint density at radius 1 is 1.35 bits per heavy atom. The number of aliphatic hydroxyl groups is 1. The molecule has 1 fully saturated rings. The van der Waals surface area contributed by atoms with Gasteiger partial charge in [0.25, 0.3) is 0 Å². The minimum Gasteiger partial charge on any atom is -0.395 e. The van der Waals surface area contributed by atoms with Gasteiger partial charge in [-0.25, -0.2) is 0 Å². The lowest BCUT2D eigenvalue weighted by atomic mass is 9.96. The van der Waals surface area contributed by atoms with E-state index >= 15 is 0 Å². The summed E-state index contributed by atoms with van der Waals surface area (Å²) in [5.74, 6) is 0.0440. The molecule has 0 bridgehead atoms. The van der Waals surface area contributed by atoms with E-state index in [9.17, 15) is 4.79 Å². The number of carbonyl (C=O) groups excluding carboxylic acids is 1. The van der Waals surface area contributed by atoms with Gasteiger partial charge in [0.15, 0.2) is 0 Å². The topological polar surface area (TPSA) is 52.6 Å². The van der Waals surface area contributed by atoms with Crippen LogP contribution in [0.1, 0.15) is 25.3 Å². The largest absolute Gasteiger partial charge is 0.395 e. The van der Waals surface area contributed by atoms with Gasteiger partial charge >= 0.3 is 0 Å². The van der Waals surface area contributed by atoms with Crippen molar-refractivity contribution in [3.63, 3.8) is 0 Å². The van der Waals surface area contributed by atoms with E-state index in [2.05, 4.69) is 29.6 Å². The SMILES string of the molecule is CCN(CCO)CC(=O)NCC1(c2ccccc2)CC1. The molecule has 0 radical (unpaired) electrons. The van der Waals surface area contributed by atoms with Crippen LogP contribution in [0, 0.1) is 0 Å². The predicted octanol–water partition coefficient (Wildman–Crippen LogP) is 1.15. The number of carbonyl (C=O) groups is 1. The van der Waals surface area contributed by atoms with E-state index in [1.54, 1.807) is 0 Å². The van der Waals surface area contributed by atoms with Crippen LogP contribution in [0.4, 0.5) is 0 Å². The quantitative estimate of drug-likeness (QED) is 0.749. The molecule has 0 spiro atoms.